The van der Waals surface area contributed by atoms with Crippen LogP contribution in [0.15, 0.2) is 41.4 Å². The van der Waals surface area contributed by atoms with Gasteiger partial charge in [-0.25, -0.2) is 4.99 Å². The van der Waals surface area contributed by atoms with Crippen LogP contribution < -0.4 is 0 Å². The average Bonchev–Trinajstić information content (AvgIpc) is 2.51. The van der Waals surface area contributed by atoms with Gasteiger partial charge in [0.2, 0.25) is 0 Å². The zero-order valence-electron chi connectivity index (χ0n) is 14.4. The van der Waals surface area contributed by atoms with Crippen LogP contribution in [0.3, 0.4) is 0 Å². The largest absolute Gasteiger partial charge is 0.366 e. The summed E-state index contributed by atoms with van der Waals surface area (Å²) in [4.78, 5) is 6.68. The lowest BCUT2D eigenvalue weighted by atomic mass is 9.95. The van der Waals surface area contributed by atoms with Gasteiger partial charge in [-0.1, -0.05) is 30.3 Å². The van der Waals surface area contributed by atoms with Crippen LogP contribution in [0.4, 0.5) is 5.69 Å². The SMILES string of the molecule is CCN(C)C=Nc1cc(C)c(Cc2ccccc2C)cc1C. The summed E-state index contributed by atoms with van der Waals surface area (Å²) in [6, 6.07) is 13.1. The highest BCUT2D eigenvalue weighted by atomic mass is 15.1. The topological polar surface area (TPSA) is 15.6 Å². The lowest BCUT2D eigenvalue weighted by Gasteiger charge is -2.13. The Morgan fingerprint density at radius 2 is 1.68 bits per heavy atom. The molecule has 0 bridgehead atoms. The molecule has 0 unspecified atom stereocenters. The van der Waals surface area contributed by atoms with E-state index in [1.165, 1.54) is 27.8 Å². The monoisotopic (exact) mass is 294 g/mol. The van der Waals surface area contributed by atoms with Gasteiger partial charge in [0.05, 0.1) is 12.0 Å². The summed E-state index contributed by atoms with van der Waals surface area (Å²) in [6.07, 6.45) is 2.89. The summed E-state index contributed by atoms with van der Waals surface area (Å²) in [5.41, 5.74) is 7.73. The number of nitrogens with zero attached hydrogens (tertiary/aromatic N) is 2. The number of aliphatic imine (C=N–C) groups is 1. The molecule has 2 nitrogen and oxygen atoms in total. The Labute approximate surface area is 134 Å². The Balaban J connectivity index is 2.27. The summed E-state index contributed by atoms with van der Waals surface area (Å²) in [6.45, 7) is 9.58. The molecule has 2 heteroatoms. The molecule has 0 aliphatic rings. The first kappa shape index (κ1) is 16.3. The first-order chi connectivity index (χ1) is 10.5. The Morgan fingerprint density at radius 1 is 0.955 bits per heavy atom. The van der Waals surface area contributed by atoms with Crippen molar-refractivity contribution >= 4 is 12.0 Å². The first-order valence-electron chi connectivity index (χ1n) is 7.90. The summed E-state index contributed by atoms with van der Waals surface area (Å²) >= 11 is 0. The van der Waals surface area contributed by atoms with E-state index in [0.717, 1.165) is 18.7 Å². The van der Waals surface area contributed by atoms with Crippen LogP contribution in [-0.4, -0.2) is 24.8 Å². The van der Waals surface area contributed by atoms with E-state index in [1.54, 1.807) is 0 Å². The number of benzene rings is 2. The Bertz CT molecular complexity index is 671. The summed E-state index contributed by atoms with van der Waals surface area (Å²) in [5.74, 6) is 0. The van der Waals surface area contributed by atoms with Crippen molar-refractivity contribution in [2.45, 2.75) is 34.1 Å². The molecule has 0 aliphatic carbocycles. The molecular weight excluding hydrogens is 268 g/mol. The smallest absolute Gasteiger partial charge is 0.0909 e. The molecule has 0 saturated heterocycles. The molecule has 2 aromatic rings. The maximum atomic E-state index is 4.60. The van der Waals surface area contributed by atoms with Gasteiger partial charge in [-0.15, -0.1) is 0 Å². The van der Waals surface area contributed by atoms with Gasteiger partial charge >= 0.3 is 0 Å². The second kappa shape index (κ2) is 7.26. The normalized spacial score (nSPS) is 11.1. The second-order valence-corrected chi connectivity index (χ2v) is 5.99. The van der Waals surface area contributed by atoms with Crippen molar-refractivity contribution < 1.29 is 0 Å². The van der Waals surface area contributed by atoms with Gasteiger partial charge in [0, 0.05) is 13.6 Å². The maximum absolute atomic E-state index is 4.60. The van der Waals surface area contributed by atoms with E-state index in [9.17, 15) is 0 Å². The van der Waals surface area contributed by atoms with Crippen LogP contribution in [-0.2, 0) is 6.42 Å². The predicted molar refractivity (Wildman–Crippen MR) is 96.4 cm³/mol. The van der Waals surface area contributed by atoms with Gasteiger partial charge in [-0.05, 0) is 68.0 Å². The van der Waals surface area contributed by atoms with Crippen LogP contribution in [0.25, 0.3) is 0 Å². The van der Waals surface area contributed by atoms with Crippen LogP contribution in [0.1, 0.15) is 34.7 Å². The van der Waals surface area contributed by atoms with Crippen molar-refractivity contribution in [2.24, 2.45) is 4.99 Å². The molecule has 0 heterocycles. The van der Waals surface area contributed by atoms with Gasteiger partial charge in [-0.3, -0.25) is 0 Å². The fraction of sp³-hybridized carbons (Fsp3) is 0.350. The fourth-order valence-electron chi connectivity index (χ4n) is 2.45. The number of hydrogen-bond acceptors (Lipinski definition) is 1. The number of rotatable bonds is 5. The molecule has 0 fully saturated rings. The van der Waals surface area contributed by atoms with Gasteiger partial charge < -0.3 is 4.90 Å². The molecule has 0 atom stereocenters. The quantitative estimate of drug-likeness (QED) is 0.570. The van der Waals surface area contributed by atoms with Crippen molar-refractivity contribution in [3.8, 4) is 0 Å². The standard InChI is InChI=1S/C20H26N2/c1-6-22(5)14-21-20-12-16(3)19(11-17(20)4)13-18-10-8-7-9-15(18)2/h7-12,14H,6,13H2,1-5H3. The molecule has 22 heavy (non-hydrogen) atoms. The number of aryl methyl sites for hydroxylation is 3. The molecule has 0 spiro atoms. The minimum Gasteiger partial charge on any atom is -0.366 e. The first-order valence-corrected chi connectivity index (χ1v) is 7.90. The van der Waals surface area contributed by atoms with Crippen LogP contribution in [0, 0.1) is 20.8 Å². The third kappa shape index (κ3) is 3.97. The van der Waals surface area contributed by atoms with E-state index < -0.39 is 0 Å². The fourth-order valence-corrected chi connectivity index (χ4v) is 2.45. The molecule has 0 amide bonds. The summed E-state index contributed by atoms with van der Waals surface area (Å²) in [7, 11) is 2.04. The molecule has 0 N–H and O–H groups in total. The van der Waals surface area contributed by atoms with Gasteiger partial charge in [0.1, 0.15) is 0 Å². The highest BCUT2D eigenvalue weighted by Crippen LogP contribution is 2.25. The molecule has 0 aliphatic heterocycles. The highest BCUT2D eigenvalue weighted by molar-refractivity contribution is 5.64. The van der Waals surface area contributed by atoms with E-state index in [1.807, 2.05) is 13.4 Å². The van der Waals surface area contributed by atoms with E-state index in [-0.39, 0.29) is 0 Å². The lowest BCUT2D eigenvalue weighted by molar-refractivity contribution is 0.552. The minimum absolute atomic E-state index is 0.965. The van der Waals surface area contributed by atoms with Crippen molar-refractivity contribution in [3.05, 3.63) is 64.2 Å². The third-order valence-electron chi connectivity index (χ3n) is 4.19. The Morgan fingerprint density at radius 3 is 2.36 bits per heavy atom. The highest BCUT2D eigenvalue weighted by Gasteiger charge is 2.06. The summed E-state index contributed by atoms with van der Waals surface area (Å²) < 4.78 is 0. The van der Waals surface area contributed by atoms with E-state index in [2.05, 4.69) is 74.0 Å². The van der Waals surface area contributed by atoms with Crippen molar-refractivity contribution in [3.63, 3.8) is 0 Å². The van der Waals surface area contributed by atoms with E-state index >= 15 is 0 Å². The van der Waals surface area contributed by atoms with Gasteiger partial charge in [0.15, 0.2) is 0 Å². The van der Waals surface area contributed by atoms with Crippen LogP contribution in [0.2, 0.25) is 0 Å². The zero-order chi connectivity index (χ0) is 16.1. The molecule has 0 saturated carbocycles. The van der Waals surface area contributed by atoms with E-state index in [0.29, 0.717) is 0 Å². The Kier molecular flexibility index (Phi) is 5.37. The molecule has 0 aromatic heterocycles. The molecule has 2 rings (SSSR count). The minimum atomic E-state index is 0.965. The molecule has 2 aromatic carbocycles. The van der Waals surface area contributed by atoms with Crippen LogP contribution in [0.5, 0.6) is 0 Å². The van der Waals surface area contributed by atoms with Gasteiger partial charge in [-0.2, -0.15) is 0 Å². The summed E-state index contributed by atoms with van der Waals surface area (Å²) in [5, 5.41) is 0. The average molecular weight is 294 g/mol. The number of hydrogen-bond donors (Lipinski definition) is 0. The zero-order valence-corrected chi connectivity index (χ0v) is 14.4. The van der Waals surface area contributed by atoms with Crippen molar-refractivity contribution in [2.75, 3.05) is 13.6 Å². The molecule has 0 radical (unpaired) electrons. The molecular formula is C20H26N2. The van der Waals surface area contributed by atoms with E-state index in [4.69, 9.17) is 0 Å². The lowest BCUT2D eigenvalue weighted by Crippen LogP contribution is -2.14. The molecule has 116 valence electrons. The van der Waals surface area contributed by atoms with Crippen LogP contribution >= 0.6 is 0 Å². The predicted octanol–water partition coefficient (Wildman–Crippen LogP) is 4.81. The maximum Gasteiger partial charge on any atom is 0.0909 e. The van der Waals surface area contributed by atoms with Gasteiger partial charge in [0.25, 0.3) is 0 Å². The van der Waals surface area contributed by atoms with Crippen molar-refractivity contribution in [1.82, 2.24) is 4.90 Å². The second-order valence-electron chi connectivity index (χ2n) is 5.99. The third-order valence-corrected chi connectivity index (χ3v) is 4.19. The van der Waals surface area contributed by atoms with Crippen molar-refractivity contribution in [1.29, 1.82) is 0 Å². The Hall–Kier alpha value is -2.09.